The van der Waals surface area contributed by atoms with Crippen molar-refractivity contribution in [3.63, 3.8) is 0 Å². The summed E-state index contributed by atoms with van der Waals surface area (Å²) in [4.78, 5) is 0. The van der Waals surface area contributed by atoms with Crippen LogP contribution in [0.15, 0.2) is 203 Å². The van der Waals surface area contributed by atoms with E-state index in [0.29, 0.717) is 0 Å². The SMILES string of the molecule is c1ccc2cc(-c3c4ccccc4c(-c4ccc5cc(-c6cc7oc8ccc9oc%10ccccc%10c9c8c7c7ccccc67)ccc5c4)c4ccccc34)ccc2c1. The lowest BCUT2D eigenvalue weighted by Gasteiger charge is -2.18. The number of fused-ring (bicyclic) bond motifs is 13. The fourth-order valence-electron chi connectivity index (χ4n) is 9.84. The molecule has 0 aliphatic heterocycles. The molecule has 268 valence electrons. The van der Waals surface area contributed by atoms with Crippen molar-refractivity contribution in [2.45, 2.75) is 0 Å². The summed E-state index contributed by atoms with van der Waals surface area (Å²) in [7, 11) is 0. The predicted molar refractivity (Wildman–Crippen MR) is 245 cm³/mol. The Morgan fingerprint density at radius 2 is 0.672 bits per heavy atom. The van der Waals surface area contributed by atoms with Gasteiger partial charge >= 0.3 is 0 Å². The van der Waals surface area contributed by atoms with Gasteiger partial charge in [0.2, 0.25) is 0 Å². The highest BCUT2D eigenvalue weighted by molar-refractivity contribution is 6.32. The highest BCUT2D eigenvalue weighted by atomic mass is 16.3. The molecule has 13 rings (SSSR count). The topological polar surface area (TPSA) is 26.3 Å². The molecule has 0 spiro atoms. The molecule has 2 heteroatoms. The Balaban J connectivity index is 0.986. The zero-order valence-corrected chi connectivity index (χ0v) is 31.3. The lowest BCUT2D eigenvalue weighted by molar-refractivity contribution is 0.663. The van der Waals surface area contributed by atoms with Crippen LogP contribution in [0.1, 0.15) is 0 Å². The van der Waals surface area contributed by atoms with Crippen molar-refractivity contribution in [2.75, 3.05) is 0 Å². The molecule has 0 N–H and O–H groups in total. The maximum Gasteiger partial charge on any atom is 0.136 e. The second-order valence-corrected chi connectivity index (χ2v) is 15.5. The molecule has 13 aromatic rings. The van der Waals surface area contributed by atoms with Crippen LogP contribution in [-0.2, 0) is 0 Å². The van der Waals surface area contributed by atoms with Gasteiger partial charge in [-0.2, -0.15) is 0 Å². The first kappa shape index (κ1) is 31.5. The average molecular weight is 737 g/mol. The summed E-state index contributed by atoms with van der Waals surface area (Å²) in [5.41, 5.74) is 10.8. The van der Waals surface area contributed by atoms with Crippen LogP contribution in [0.4, 0.5) is 0 Å². The van der Waals surface area contributed by atoms with Crippen LogP contribution in [0.3, 0.4) is 0 Å². The number of hydrogen-bond acceptors (Lipinski definition) is 2. The quantitative estimate of drug-likeness (QED) is 0.169. The third kappa shape index (κ3) is 4.48. The standard InChI is InChI=1S/C56H32O2/c1-2-12-34-30-38(25-21-33(34)11-1)52-42-15-5-7-17-44(42)53(45-18-8-6-16-43(45)52)39-26-23-35-29-37(24-22-36(35)31-39)47-32-51-54(41-14-4-3-13-40(41)47)56-50(58-51)28-27-49-55(56)46-19-9-10-20-48(46)57-49/h1-32H. The van der Waals surface area contributed by atoms with Crippen LogP contribution in [0.25, 0.3) is 131 Å². The molecule has 0 bridgehead atoms. The van der Waals surface area contributed by atoms with Gasteiger partial charge in [-0.3, -0.25) is 0 Å². The van der Waals surface area contributed by atoms with Gasteiger partial charge in [0.1, 0.15) is 22.3 Å². The first-order valence-electron chi connectivity index (χ1n) is 19.9. The van der Waals surface area contributed by atoms with E-state index in [1.807, 2.05) is 24.3 Å². The summed E-state index contributed by atoms with van der Waals surface area (Å²) < 4.78 is 13.0. The van der Waals surface area contributed by atoms with Gasteiger partial charge in [-0.1, -0.05) is 152 Å². The molecule has 2 heterocycles. The summed E-state index contributed by atoms with van der Waals surface area (Å²) in [6.45, 7) is 0. The summed E-state index contributed by atoms with van der Waals surface area (Å²) in [6.07, 6.45) is 0. The molecule has 0 atom stereocenters. The molecular formula is C56H32O2. The highest BCUT2D eigenvalue weighted by Gasteiger charge is 2.21. The van der Waals surface area contributed by atoms with E-state index in [2.05, 4.69) is 170 Å². The van der Waals surface area contributed by atoms with Crippen LogP contribution in [0, 0.1) is 0 Å². The van der Waals surface area contributed by atoms with E-state index in [1.54, 1.807) is 0 Å². The van der Waals surface area contributed by atoms with Gasteiger partial charge < -0.3 is 8.83 Å². The van der Waals surface area contributed by atoms with Gasteiger partial charge in [-0.05, 0) is 130 Å². The van der Waals surface area contributed by atoms with Crippen LogP contribution in [0.5, 0.6) is 0 Å². The number of hydrogen-bond donors (Lipinski definition) is 0. The number of rotatable bonds is 3. The van der Waals surface area contributed by atoms with E-state index in [1.165, 1.54) is 76.1 Å². The molecule has 0 saturated carbocycles. The van der Waals surface area contributed by atoms with Gasteiger partial charge in [0.15, 0.2) is 0 Å². The molecule has 0 radical (unpaired) electrons. The monoisotopic (exact) mass is 736 g/mol. The van der Waals surface area contributed by atoms with E-state index in [-0.39, 0.29) is 0 Å². The minimum Gasteiger partial charge on any atom is -0.456 e. The maximum absolute atomic E-state index is 6.69. The Hall–Kier alpha value is -7.68. The number of furan rings is 2. The fourth-order valence-corrected chi connectivity index (χ4v) is 9.84. The molecule has 58 heavy (non-hydrogen) atoms. The van der Waals surface area contributed by atoms with Gasteiger partial charge in [-0.15, -0.1) is 0 Å². The zero-order valence-electron chi connectivity index (χ0n) is 31.3. The summed E-state index contributed by atoms with van der Waals surface area (Å²) in [5, 5.41) is 16.8. The Bertz CT molecular complexity index is 3800. The molecule has 2 nitrogen and oxygen atoms in total. The molecule has 0 unspecified atom stereocenters. The molecule has 0 aliphatic carbocycles. The largest absolute Gasteiger partial charge is 0.456 e. The van der Waals surface area contributed by atoms with Crippen LogP contribution in [0.2, 0.25) is 0 Å². The molecule has 0 amide bonds. The molecule has 11 aromatic carbocycles. The normalized spacial score (nSPS) is 12.1. The Labute approximate surface area is 332 Å². The lowest BCUT2D eigenvalue weighted by Crippen LogP contribution is -1.91. The van der Waals surface area contributed by atoms with Crippen LogP contribution >= 0.6 is 0 Å². The Morgan fingerprint density at radius 1 is 0.241 bits per heavy atom. The van der Waals surface area contributed by atoms with E-state index in [4.69, 9.17) is 8.83 Å². The Morgan fingerprint density at radius 3 is 1.33 bits per heavy atom. The minimum absolute atomic E-state index is 0.868. The van der Waals surface area contributed by atoms with Gasteiger partial charge in [0, 0.05) is 21.5 Å². The van der Waals surface area contributed by atoms with Crippen molar-refractivity contribution < 1.29 is 8.83 Å². The number of benzene rings is 11. The smallest absolute Gasteiger partial charge is 0.136 e. The van der Waals surface area contributed by atoms with E-state index in [0.717, 1.165) is 55.0 Å². The minimum atomic E-state index is 0.868. The van der Waals surface area contributed by atoms with Crippen LogP contribution < -0.4 is 0 Å². The molecule has 0 aliphatic rings. The van der Waals surface area contributed by atoms with Crippen molar-refractivity contribution in [1.82, 2.24) is 0 Å². The predicted octanol–water partition coefficient (Wildman–Crippen LogP) is 16.3. The van der Waals surface area contributed by atoms with E-state index < -0.39 is 0 Å². The second kappa shape index (κ2) is 11.9. The van der Waals surface area contributed by atoms with Crippen molar-refractivity contribution in [1.29, 1.82) is 0 Å². The van der Waals surface area contributed by atoms with E-state index in [9.17, 15) is 0 Å². The van der Waals surface area contributed by atoms with Crippen molar-refractivity contribution in [3.8, 4) is 33.4 Å². The van der Waals surface area contributed by atoms with Crippen LogP contribution in [-0.4, -0.2) is 0 Å². The Kier molecular flexibility index (Phi) is 6.47. The van der Waals surface area contributed by atoms with Crippen molar-refractivity contribution >= 4 is 97.7 Å². The van der Waals surface area contributed by atoms with Gasteiger partial charge in [0.25, 0.3) is 0 Å². The fraction of sp³-hybridized carbons (Fsp3) is 0. The zero-order chi connectivity index (χ0) is 37.9. The third-order valence-electron chi connectivity index (χ3n) is 12.4. The van der Waals surface area contributed by atoms with E-state index >= 15 is 0 Å². The highest BCUT2D eigenvalue weighted by Crippen LogP contribution is 2.47. The second-order valence-electron chi connectivity index (χ2n) is 15.5. The molecular weight excluding hydrogens is 705 g/mol. The van der Waals surface area contributed by atoms with Crippen molar-refractivity contribution in [2.24, 2.45) is 0 Å². The summed E-state index contributed by atoms with van der Waals surface area (Å²) in [6, 6.07) is 70.4. The first-order valence-corrected chi connectivity index (χ1v) is 19.9. The molecule has 2 aromatic heterocycles. The van der Waals surface area contributed by atoms with Gasteiger partial charge in [0.05, 0.1) is 0 Å². The van der Waals surface area contributed by atoms with Gasteiger partial charge in [-0.25, -0.2) is 0 Å². The summed E-state index contributed by atoms with van der Waals surface area (Å²) >= 11 is 0. The van der Waals surface area contributed by atoms with Crippen molar-refractivity contribution in [3.05, 3.63) is 194 Å². The molecule has 0 fully saturated rings. The lowest BCUT2D eigenvalue weighted by atomic mass is 9.85. The number of para-hydroxylation sites is 1. The molecule has 0 saturated heterocycles. The first-order chi connectivity index (χ1) is 28.7. The summed E-state index contributed by atoms with van der Waals surface area (Å²) in [5.74, 6) is 0. The average Bonchev–Trinajstić information content (AvgIpc) is 3.86. The third-order valence-corrected chi connectivity index (χ3v) is 12.4. The maximum atomic E-state index is 6.69.